The Hall–Kier alpha value is -2.15. The van der Waals surface area contributed by atoms with Gasteiger partial charge in [0.1, 0.15) is 10.1 Å². The molecule has 0 saturated carbocycles. The summed E-state index contributed by atoms with van der Waals surface area (Å²) in [5.74, 6) is -0.347. The van der Waals surface area contributed by atoms with E-state index in [0.717, 1.165) is 5.56 Å². The zero-order valence-corrected chi connectivity index (χ0v) is 15.7. The van der Waals surface area contributed by atoms with Crippen molar-refractivity contribution in [2.45, 2.75) is 32.9 Å². The van der Waals surface area contributed by atoms with Crippen molar-refractivity contribution in [2.75, 3.05) is 5.32 Å². The van der Waals surface area contributed by atoms with Crippen molar-refractivity contribution in [3.63, 3.8) is 0 Å². The molecule has 0 bridgehead atoms. The molecule has 24 heavy (non-hydrogen) atoms. The minimum Gasteiger partial charge on any atom is -0.456 e. The highest BCUT2D eigenvalue weighted by Crippen LogP contribution is 2.18. The average Bonchev–Trinajstić information content (AvgIpc) is 2.51. The van der Waals surface area contributed by atoms with Crippen LogP contribution in [0.3, 0.4) is 0 Å². The largest absolute Gasteiger partial charge is 0.456 e. The number of benzene rings is 1. The molecule has 2 rings (SSSR count). The minimum atomic E-state index is -0.518. The molecule has 0 radical (unpaired) electrons. The van der Waals surface area contributed by atoms with Crippen molar-refractivity contribution in [3.05, 3.63) is 56.4 Å². The first-order chi connectivity index (χ1) is 11.2. The number of hydrogen-bond acceptors (Lipinski definition) is 5. The Balaban J connectivity index is 2.04. The standard InChI is InChI=1S/C17H20BrN3O3/c1-17(2,3)24-16(23)12-7-5-11(6-8-12)9-19-13-10-20-21(4)15(22)14(13)18/h5-8,10,19H,9H2,1-4H3. The van der Waals surface area contributed by atoms with Crippen molar-refractivity contribution in [2.24, 2.45) is 7.05 Å². The van der Waals surface area contributed by atoms with Gasteiger partial charge in [0.25, 0.3) is 5.56 Å². The summed E-state index contributed by atoms with van der Waals surface area (Å²) in [5, 5.41) is 7.12. The molecule has 0 saturated heterocycles. The molecule has 7 heteroatoms. The van der Waals surface area contributed by atoms with E-state index >= 15 is 0 Å². The van der Waals surface area contributed by atoms with E-state index in [1.54, 1.807) is 25.4 Å². The first-order valence-electron chi connectivity index (χ1n) is 7.45. The van der Waals surface area contributed by atoms with E-state index in [9.17, 15) is 9.59 Å². The predicted octanol–water partition coefficient (Wildman–Crippen LogP) is 3.11. The first-order valence-corrected chi connectivity index (χ1v) is 8.24. The Kier molecular flexibility index (Phi) is 5.43. The molecule has 1 aromatic heterocycles. The van der Waals surface area contributed by atoms with Crippen molar-refractivity contribution in [1.29, 1.82) is 0 Å². The van der Waals surface area contributed by atoms with Gasteiger partial charge in [-0.05, 0) is 54.4 Å². The van der Waals surface area contributed by atoms with Crippen molar-refractivity contribution >= 4 is 27.6 Å². The average molecular weight is 394 g/mol. The fourth-order valence-corrected chi connectivity index (χ4v) is 2.43. The molecule has 2 aromatic rings. The summed E-state index contributed by atoms with van der Waals surface area (Å²) in [5.41, 5.74) is 1.37. The molecule has 0 amide bonds. The lowest BCUT2D eigenvalue weighted by molar-refractivity contribution is 0.00695. The fourth-order valence-electron chi connectivity index (χ4n) is 1.93. The van der Waals surface area contributed by atoms with Gasteiger partial charge in [0.05, 0.1) is 17.4 Å². The van der Waals surface area contributed by atoms with Gasteiger partial charge in [-0.25, -0.2) is 9.48 Å². The maximum atomic E-state index is 12.0. The number of halogens is 1. The summed E-state index contributed by atoms with van der Waals surface area (Å²) in [6, 6.07) is 7.13. The third-order valence-electron chi connectivity index (χ3n) is 3.15. The van der Waals surface area contributed by atoms with Gasteiger partial charge >= 0.3 is 5.97 Å². The van der Waals surface area contributed by atoms with Crippen LogP contribution < -0.4 is 10.9 Å². The molecule has 1 heterocycles. The van der Waals surface area contributed by atoms with Gasteiger partial charge in [-0.2, -0.15) is 5.10 Å². The van der Waals surface area contributed by atoms with E-state index in [2.05, 4.69) is 26.3 Å². The van der Waals surface area contributed by atoms with E-state index in [4.69, 9.17) is 4.74 Å². The number of nitrogens with one attached hydrogen (secondary N) is 1. The highest BCUT2D eigenvalue weighted by atomic mass is 79.9. The summed E-state index contributed by atoms with van der Waals surface area (Å²) in [7, 11) is 1.59. The number of rotatable bonds is 4. The Labute approximate surface area is 149 Å². The Morgan fingerprint density at radius 2 is 1.92 bits per heavy atom. The van der Waals surface area contributed by atoms with Gasteiger partial charge in [-0.1, -0.05) is 12.1 Å². The van der Waals surface area contributed by atoms with Gasteiger partial charge in [-0.15, -0.1) is 0 Å². The summed E-state index contributed by atoms with van der Waals surface area (Å²) in [6.45, 7) is 6.00. The topological polar surface area (TPSA) is 73.2 Å². The smallest absolute Gasteiger partial charge is 0.338 e. The zero-order chi connectivity index (χ0) is 17.9. The van der Waals surface area contributed by atoms with Gasteiger partial charge in [-0.3, -0.25) is 4.79 Å². The molecular formula is C17H20BrN3O3. The summed E-state index contributed by atoms with van der Waals surface area (Å²) in [4.78, 5) is 23.8. The maximum Gasteiger partial charge on any atom is 0.338 e. The molecule has 6 nitrogen and oxygen atoms in total. The van der Waals surface area contributed by atoms with Crippen molar-refractivity contribution in [3.8, 4) is 0 Å². The maximum absolute atomic E-state index is 12.0. The Morgan fingerprint density at radius 1 is 1.29 bits per heavy atom. The fraction of sp³-hybridized carbons (Fsp3) is 0.353. The molecule has 1 aromatic carbocycles. The monoisotopic (exact) mass is 393 g/mol. The Morgan fingerprint density at radius 3 is 2.50 bits per heavy atom. The third-order valence-corrected chi connectivity index (χ3v) is 3.92. The van der Waals surface area contributed by atoms with Crippen molar-refractivity contribution in [1.82, 2.24) is 9.78 Å². The molecule has 0 unspecified atom stereocenters. The second kappa shape index (κ2) is 7.17. The number of aromatic nitrogens is 2. The summed E-state index contributed by atoms with van der Waals surface area (Å²) < 4.78 is 7.02. The lowest BCUT2D eigenvalue weighted by Gasteiger charge is -2.19. The first kappa shape index (κ1) is 18.2. The van der Waals surface area contributed by atoms with Crippen LogP contribution in [0.4, 0.5) is 5.69 Å². The minimum absolute atomic E-state index is 0.208. The molecule has 0 aliphatic carbocycles. The predicted molar refractivity (Wildman–Crippen MR) is 96.1 cm³/mol. The number of ether oxygens (including phenoxy) is 1. The second-order valence-corrected chi connectivity index (χ2v) is 7.15. The van der Waals surface area contributed by atoms with Crippen LogP contribution in [0.1, 0.15) is 36.7 Å². The number of esters is 1. The van der Waals surface area contributed by atoms with Crippen molar-refractivity contribution < 1.29 is 9.53 Å². The molecule has 1 N–H and O–H groups in total. The van der Waals surface area contributed by atoms with E-state index in [0.29, 0.717) is 22.3 Å². The quantitative estimate of drug-likeness (QED) is 0.807. The normalized spacial score (nSPS) is 11.2. The van der Waals surface area contributed by atoms with Crippen LogP contribution in [0.15, 0.2) is 39.7 Å². The molecule has 0 fully saturated rings. The van der Waals surface area contributed by atoms with Gasteiger partial charge in [0, 0.05) is 13.6 Å². The lowest BCUT2D eigenvalue weighted by atomic mass is 10.1. The van der Waals surface area contributed by atoms with Crippen LogP contribution in [-0.2, 0) is 18.3 Å². The number of nitrogens with zero attached hydrogens (tertiary/aromatic N) is 2. The van der Waals surface area contributed by atoms with Crippen LogP contribution >= 0.6 is 15.9 Å². The molecule has 128 valence electrons. The molecule has 0 spiro atoms. The summed E-state index contributed by atoms with van der Waals surface area (Å²) in [6.07, 6.45) is 1.58. The molecular weight excluding hydrogens is 374 g/mol. The van der Waals surface area contributed by atoms with Gasteiger partial charge in [0.2, 0.25) is 0 Å². The highest BCUT2D eigenvalue weighted by Gasteiger charge is 2.17. The third kappa shape index (κ3) is 4.67. The number of hydrogen-bond donors (Lipinski definition) is 1. The molecule has 0 aliphatic heterocycles. The number of anilines is 1. The zero-order valence-electron chi connectivity index (χ0n) is 14.1. The Bertz CT molecular complexity index is 792. The lowest BCUT2D eigenvalue weighted by Crippen LogP contribution is -2.23. The van der Waals surface area contributed by atoms with Crippen LogP contribution in [0, 0.1) is 0 Å². The highest BCUT2D eigenvalue weighted by molar-refractivity contribution is 9.10. The van der Waals surface area contributed by atoms with E-state index in [1.807, 2.05) is 32.9 Å². The summed E-state index contributed by atoms with van der Waals surface area (Å²) >= 11 is 3.27. The second-order valence-electron chi connectivity index (χ2n) is 6.35. The van der Waals surface area contributed by atoms with Crippen LogP contribution in [0.2, 0.25) is 0 Å². The molecule has 0 aliphatic rings. The number of carbonyl (C=O) groups excluding carboxylic acids is 1. The van der Waals surface area contributed by atoms with Gasteiger partial charge < -0.3 is 10.1 Å². The van der Waals surface area contributed by atoms with Crippen LogP contribution in [0.5, 0.6) is 0 Å². The molecule has 0 atom stereocenters. The number of carbonyl (C=O) groups is 1. The van der Waals surface area contributed by atoms with E-state index in [1.165, 1.54) is 4.68 Å². The van der Waals surface area contributed by atoms with Crippen LogP contribution in [-0.4, -0.2) is 21.4 Å². The van der Waals surface area contributed by atoms with Gasteiger partial charge in [0.15, 0.2) is 0 Å². The van der Waals surface area contributed by atoms with E-state index in [-0.39, 0.29) is 11.5 Å². The van der Waals surface area contributed by atoms with E-state index < -0.39 is 5.60 Å². The van der Waals surface area contributed by atoms with Crippen LogP contribution in [0.25, 0.3) is 0 Å². The SMILES string of the molecule is Cn1ncc(NCc2ccc(C(=O)OC(C)(C)C)cc2)c(Br)c1=O. The number of aryl methyl sites for hydroxylation is 1.